The van der Waals surface area contributed by atoms with E-state index < -0.39 is 7.60 Å². The highest BCUT2D eigenvalue weighted by Crippen LogP contribution is 2.46. The molecule has 4 heteroatoms. The lowest BCUT2D eigenvalue weighted by molar-refractivity contribution is 0.275. The molecule has 0 amide bonds. The zero-order valence-electron chi connectivity index (χ0n) is 7.50. The van der Waals surface area contributed by atoms with E-state index in [0.717, 1.165) is 19.3 Å². The van der Waals surface area contributed by atoms with Crippen molar-refractivity contribution in [2.45, 2.75) is 26.2 Å². The van der Waals surface area contributed by atoms with Crippen LogP contribution in [-0.2, 0) is 13.6 Å². The maximum Gasteiger partial charge on any atom is 0.330 e. The van der Waals surface area contributed by atoms with Crippen LogP contribution in [0.5, 0.6) is 0 Å². The lowest BCUT2D eigenvalue weighted by Crippen LogP contribution is -1.94. The molecule has 0 aromatic heterocycles. The third-order valence-corrected chi connectivity index (χ3v) is 3.57. The van der Waals surface area contributed by atoms with Crippen molar-refractivity contribution in [2.75, 3.05) is 20.4 Å². The summed E-state index contributed by atoms with van der Waals surface area (Å²) in [5.41, 5.74) is 0. The SMILES string of the molecule is CCCCCP(=O)(OC)OC. The van der Waals surface area contributed by atoms with E-state index in [4.69, 9.17) is 9.05 Å². The summed E-state index contributed by atoms with van der Waals surface area (Å²) in [6.07, 6.45) is 3.65. The summed E-state index contributed by atoms with van der Waals surface area (Å²) in [7, 11) is 0.143. The second-order valence-corrected chi connectivity index (χ2v) is 4.81. The first-order valence-corrected chi connectivity index (χ1v) is 5.62. The third-order valence-electron chi connectivity index (χ3n) is 1.59. The lowest BCUT2D eigenvalue weighted by Gasteiger charge is -2.12. The van der Waals surface area contributed by atoms with Gasteiger partial charge < -0.3 is 9.05 Å². The van der Waals surface area contributed by atoms with Gasteiger partial charge >= 0.3 is 7.60 Å². The van der Waals surface area contributed by atoms with E-state index in [1.165, 1.54) is 14.2 Å². The topological polar surface area (TPSA) is 35.5 Å². The van der Waals surface area contributed by atoms with Gasteiger partial charge in [-0.2, -0.15) is 0 Å². The van der Waals surface area contributed by atoms with Crippen LogP contribution in [0.25, 0.3) is 0 Å². The first-order chi connectivity index (χ1) is 5.18. The summed E-state index contributed by atoms with van der Waals surface area (Å²) in [4.78, 5) is 0. The molecule has 0 spiro atoms. The van der Waals surface area contributed by atoms with E-state index in [1.54, 1.807) is 0 Å². The molecule has 0 atom stereocenters. The molecule has 0 aromatic rings. The second kappa shape index (κ2) is 5.76. The van der Waals surface area contributed by atoms with Crippen molar-refractivity contribution in [3.05, 3.63) is 0 Å². The van der Waals surface area contributed by atoms with Crippen LogP contribution >= 0.6 is 7.60 Å². The minimum absolute atomic E-state index is 0.536. The highest BCUT2D eigenvalue weighted by molar-refractivity contribution is 7.53. The molecule has 0 rings (SSSR count). The fraction of sp³-hybridized carbons (Fsp3) is 1.00. The molecule has 0 bridgehead atoms. The minimum atomic E-state index is -2.71. The van der Waals surface area contributed by atoms with Gasteiger partial charge in [0.25, 0.3) is 0 Å². The van der Waals surface area contributed by atoms with Gasteiger partial charge in [0.15, 0.2) is 0 Å². The van der Waals surface area contributed by atoms with Crippen molar-refractivity contribution in [3.63, 3.8) is 0 Å². The molecule has 0 unspecified atom stereocenters. The van der Waals surface area contributed by atoms with E-state index >= 15 is 0 Å². The van der Waals surface area contributed by atoms with Crippen LogP contribution in [0.2, 0.25) is 0 Å². The average Bonchev–Trinajstić information content (AvgIpc) is 2.05. The maximum absolute atomic E-state index is 11.4. The monoisotopic (exact) mass is 180 g/mol. The smallest absolute Gasteiger partial charge is 0.312 e. The van der Waals surface area contributed by atoms with Crippen LogP contribution in [-0.4, -0.2) is 20.4 Å². The first-order valence-electron chi connectivity index (χ1n) is 3.89. The number of hydrogen-bond donors (Lipinski definition) is 0. The molecule has 0 aromatic carbocycles. The Morgan fingerprint density at radius 1 is 1.18 bits per heavy atom. The van der Waals surface area contributed by atoms with Crippen LogP contribution in [0.4, 0.5) is 0 Å². The van der Waals surface area contributed by atoms with E-state index in [0.29, 0.717) is 6.16 Å². The average molecular weight is 180 g/mol. The minimum Gasteiger partial charge on any atom is -0.312 e. The normalized spacial score (nSPS) is 11.9. The highest BCUT2D eigenvalue weighted by Gasteiger charge is 2.19. The van der Waals surface area contributed by atoms with Gasteiger partial charge in [-0.1, -0.05) is 19.8 Å². The lowest BCUT2D eigenvalue weighted by atomic mass is 10.3. The standard InChI is InChI=1S/C7H17O3P/c1-4-5-6-7-11(8,9-2)10-3/h4-7H2,1-3H3. The Hall–Kier alpha value is 0.150. The number of hydrogen-bond acceptors (Lipinski definition) is 3. The molecule has 0 fully saturated rings. The summed E-state index contributed by atoms with van der Waals surface area (Å²) in [6, 6.07) is 0. The van der Waals surface area contributed by atoms with Gasteiger partial charge in [0.05, 0.1) is 6.16 Å². The molecule has 11 heavy (non-hydrogen) atoms. The summed E-state index contributed by atoms with van der Waals surface area (Å²) in [5.74, 6) is 0. The van der Waals surface area contributed by atoms with Crippen LogP contribution in [0.3, 0.4) is 0 Å². The summed E-state index contributed by atoms with van der Waals surface area (Å²) in [5, 5.41) is 0. The van der Waals surface area contributed by atoms with Gasteiger partial charge in [-0.25, -0.2) is 0 Å². The van der Waals surface area contributed by atoms with Crippen molar-refractivity contribution in [2.24, 2.45) is 0 Å². The van der Waals surface area contributed by atoms with E-state index in [1.807, 2.05) is 0 Å². The fourth-order valence-corrected chi connectivity index (χ4v) is 1.94. The molecule has 0 saturated carbocycles. The van der Waals surface area contributed by atoms with Gasteiger partial charge in [0.2, 0.25) is 0 Å². The number of rotatable bonds is 6. The Morgan fingerprint density at radius 2 is 1.73 bits per heavy atom. The zero-order chi connectivity index (χ0) is 8.74. The third kappa shape index (κ3) is 4.57. The van der Waals surface area contributed by atoms with Gasteiger partial charge in [-0.15, -0.1) is 0 Å². The first kappa shape index (κ1) is 11.2. The Bertz CT molecular complexity index is 128. The quantitative estimate of drug-likeness (QED) is 0.465. The second-order valence-electron chi connectivity index (χ2n) is 2.41. The molecule has 0 N–H and O–H groups in total. The van der Waals surface area contributed by atoms with Gasteiger partial charge in [-0.05, 0) is 6.42 Å². The van der Waals surface area contributed by atoms with Crippen LogP contribution < -0.4 is 0 Å². The largest absolute Gasteiger partial charge is 0.330 e. The predicted octanol–water partition coefficient (Wildman–Crippen LogP) is 2.66. The molecule has 0 saturated heterocycles. The molecule has 3 nitrogen and oxygen atoms in total. The van der Waals surface area contributed by atoms with Gasteiger partial charge in [0, 0.05) is 14.2 Å². The summed E-state index contributed by atoms with van der Waals surface area (Å²) < 4.78 is 20.9. The maximum atomic E-state index is 11.4. The van der Waals surface area contributed by atoms with Gasteiger partial charge in [-0.3, -0.25) is 4.57 Å². The van der Waals surface area contributed by atoms with Gasteiger partial charge in [0.1, 0.15) is 0 Å². The fourth-order valence-electron chi connectivity index (χ4n) is 0.813. The number of unbranched alkanes of at least 4 members (excludes halogenated alkanes) is 2. The van der Waals surface area contributed by atoms with Crippen molar-refractivity contribution >= 4 is 7.60 Å². The summed E-state index contributed by atoms with van der Waals surface area (Å²) >= 11 is 0. The van der Waals surface area contributed by atoms with E-state index in [-0.39, 0.29) is 0 Å². The van der Waals surface area contributed by atoms with Crippen LogP contribution in [0.15, 0.2) is 0 Å². The molecular formula is C7H17O3P. The predicted molar refractivity (Wildman–Crippen MR) is 46.0 cm³/mol. The molecule has 0 aliphatic carbocycles. The van der Waals surface area contributed by atoms with Crippen molar-refractivity contribution < 1.29 is 13.6 Å². The summed E-state index contributed by atoms with van der Waals surface area (Å²) in [6.45, 7) is 2.10. The van der Waals surface area contributed by atoms with Crippen LogP contribution in [0, 0.1) is 0 Å². The Balaban J connectivity index is 3.61. The Labute approximate surface area is 68.6 Å². The molecular weight excluding hydrogens is 163 g/mol. The van der Waals surface area contributed by atoms with Crippen LogP contribution in [0.1, 0.15) is 26.2 Å². The molecule has 0 radical (unpaired) electrons. The molecule has 0 heterocycles. The highest BCUT2D eigenvalue weighted by atomic mass is 31.2. The van der Waals surface area contributed by atoms with Crippen molar-refractivity contribution in [3.8, 4) is 0 Å². The van der Waals surface area contributed by atoms with E-state index in [9.17, 15) is 4.57 Å². The molecule has 0 aliphatic rings. The Kier molecular flexibility index (Phi) is 5.83. The molecule has 0 aliphatic heterocycles. The molecule has 68 valence electrons. The zero-order valence-corrected chi connectivity index (χ0v) is 8.39. The van der Waals surface area contributed by atoms with Crippen molar-refractivity contribution in [1.82, 2.24) is 0 Å². The van der Waals surface area contributed by atoms with Crippen molar-refractivity contribution in [1.29, 1.82) is 0 Å². The Morgan fingerprint density at radius 3 is 2.09 bits per heavy atom. The van der Waals surface area contributed by atoms with E-state index in [2.05, 4.69) is 6.92 Å².